The number of carbonyl (C=O) groups excluding carboxylic acids is 1. The first-order valence-corrected chi connectivity index (χ1v) is 11.7. The van der Waals surface area contributed by atoms with E-state index in [9.17, 15) is 13.2 Å². The number of aromatic nitrogens is 3. The first-order chi connectivity index (χ1) is 14.9. The van der Waals surface area contributed by atoms with Crippen molar-refractivity contribution in [3.05, 3.63) is 48.2 Å². The van der Waals surface area contributed by atoms with Crippen molar-refractivity contribution in [2.75, 3.05) is 19.6 Å². The second-order valence-electron chi connectivity index (χ2n) is 7.68. The number of pyridine rings is 1. The zero-order valence-electron chi connectivity index (χ0n) is 17.6. The smallest absolute Gasteiger partial charge is 0.245 e. The Labute approximate surface area is 181 Å². The van der Waals surface area contributed by atoms with Crippen LogP contribution in [0.1, 0.15) is 31.5 Å². The topological polar surface area (TPSA) is 110 Å². The van der Waals surface area contributed by atoms with E-state index in [4.69, 9.17) is 4.52 Å². The molecule has 0 N–H and O–H groups in total. The normalized spacial score (nSPS) is 17.7. The van der Waals surface area contributed by atoms with E-state index in [1.54, 1.807) is 36.2 Å². The molecule has 1 aromatic carbocycles. The van der Waals surface area contributed by atoms with E-state index in [-0.39, 0.29) is 23.4 Å². The second-order valence-corrected chi connectivity index (χ2v) is 9.59. The molecule has 0 aliphatic carbocycles. The van der Waals surface area contributed by atoms with E-state index in [1.165, 1.54) is 11.2 Å². The maximum atomic E-state index is 13.5. The number of hydrogen-bond donors (Lipinski definition) is 0. The zero-order valence-corrected chi connectivity index (χ0v) is 18.4. The van der Waals surface area contributed by atoms with Crippen LogP contribution in [-0.2, 0) is 21.2 Å². The van der Waals surface area contributed by atoms with Crippen LogP contribution in [0.25, 0.3) is 10.9 Å². The fourth-order valence-electron chi connectivity index (χ4n) is 4.08. The van der Waals surface area contributed by atoms with Crippen LogP contribution in [0.2, 0.25) is 0 Å². The molecule has 2 aromatic heterocycles. The monoisotopic (exact) mass is 443 g/mol. The van der Waals surface area contributed by atoms with E-state index in [0.717, 1.165) is 11.8 Å². The molecule has 10 heteroatoms. The zero-order chi connectivity index (χ0) is 22.0. The highest BCUT2D eigenvalue weighted by Crippen LogP contribution is 2.27. The summed E-state index contributed by atoms with van der Waals surface area (Å²) in [5, 5.41) is 4.65. The lowest BCUT2D eigenvalue weighted by Crippen LogP contribution is -2.51. The van der Waals surface area contributed by atoms with Crippen molar-refractivity contribution >= 4 is 26.8 Å². The highest BCUT2D eigenvalue weighted by molar-refractivity contribution is 7.89. The van der Waals surface area contributed by atoms with Gasteiger partial charge >= 0.3 is 0 Å². The number of carbonyl (C=O) groups is 1. The van der Waals surface area contributed by atoms with Crippen molar-refractivity contribution in [2.45, 2.75) is 44.0 Å². The molecular weight excluding hydrogens is 418 g/mol. The summed E-state index contributed by atoms with van der Waals surface area (Å²) < 4.78 is 33.4. The third-order valence-corrected chi connectivity index (χ3v) is 7.46. The molecule has 0 radical (unpaired) electrons. The summed E-state index contributed by atoms with van der Waals surface area (Å²) in [7, 11) is -3.75. The summed E-state index contributed by atoms with van der Waals surface area (Å²) in [6.45, 7) is 4.28. The predicted octanol–water partition coefficient (Wildman–Crippen LogP) is 2.17. The summed E-state index contributed by atoms with van der Waals surface area (Å²) in [5.41, 5.74) is 0.461. The average molecular weight is 444 g/mol. The van der Waals surface area contributed by atoms with E-state index >= 15 is 0 Å². The van der Waals surface area contributed by atoms with Crippen molar-refractivity contribution < 1.29 is 17.7 Å². The number of amides is 1. The molecule has 0 bridgehead atoms. The lowest BCUT2D eigenvalue weighted by Gasteiger charge is -2.38. The molecule has 1 aliphatic heterocycles. The van der Waals surface area contributed by atoms with Crippen LogP contribution < -0.4 is 0 Å². The first kappa shape index (κ1) is 21.4. The Morgan fingerprint density at radius 1 is 1.29 bits per heavy atom. The SMILES string of the molecule is CC(=O)N(CCc1noc(C)n1)C1CCCN(S(=O)(=O)c2cccc3cccnc23)C1. The minimum Gasteiger partial charge on any atom is -0.340 e. The van der Waals surface area contributed by atoms with Crippen molar-refractivity contribution in [2.24, 2.45) is 0 Å². The summed E-state index contributed by atoms with van der Waals surface area (Å²) in [5.74, 6) is 0.908. The van der Waals surface area contributed by atoms with Gasteiger partial charge in [0.1, 0.15) is 4.90 Å². The molecule has 1 amide bonds. The van der Waals surface area contributed by atoms with Crippen molar-refractivity contribution in [3.8, 4) is 0 Å². The molecule has 0 saturated carbocycles. The van der Waals surface area contributed by atoms with Crippen LogP contribution in [-0.4, -0.2) is 64.3 Å². The lowest BCUT2D eigenvalue weighted by molar-refractivity contribution is -0.131. The van der Waals surface area contributed by atoms with Gasteiger partial charge in [-0.05, 0) is 25.0 Å². The third kappa shape index (κ3) is 4.45. The van der Waals surface area contributed by atoms with Gasteiger partial charge in [0, 0.05) is 57.5 Å². The summed E-state index contributed by atoms with van der Waals surface area (Å²) >= 11 is 0. The van der Waals surface area contributed by atoms with Crippen molar-refractivity contribution in [1.29, 1.82) is 0 Å². The van der Waals surface area contributed by atoms with Gasteiger partial charge < -0.3 is 9.42 Å². The standard InChI is InChI=1S/C21H25N5O4S/c1-15-23-20(24-30-15)10-13-26(16(2)27)18-8-5-12-25(14-18)31(28,29)19-9-3-6-17-7-4-11-22-21(17)19/h3-4,6-7,9,11,18H,5,8,10,12-14H2,1-2H3. The minimum absolute atomic E-state index is 0.101. The van der Waals surface area contributed by atoms with Gasteiger partial charge in [0.2, 0.25) is 21.8 Å². The van der Waals surface area contributed by atoms with Crippen molar-refractivity contribution in [1.82, 2.24) is 24.3 Å². The molecule has 1 saturated heterocycles. The van der Waals surface area contributed by atoms with E-state index in [0.29, 0.717) is 43.2 Å². The Morgan fingerprint density at radius 2 is 2.10 bits per heavy atom. The largest absolute Gasteiger partial charge is 0.340 e. The fraction of sp³-hybridized carbons (Fsp3) is 0.429. The fourth-order valence-corrected chi connectivity index (χ4v) is 5.76. The van der Waals surface area contributed by atoms with Crippen LogP contribution in [0.3, 0.4) is 0 Å². The van der Waals surface area contributed by atoms with Crippen LogP contribution in [0.5, 0.6) is 0 Å². The number of sulfonamides is 1. The molecule has 164 valence electrons. The van der Waals surface area contributed by atoms with Gasteiger partial charge in [0.05, 0.1) is 5.52 Å². The molecule has 1 atom stereocenters. The number of aryl methyl sites for hydroxylation is 1. The number of nitrogens with zero attached hydrogens (tertiary/aromatic N) is 5. The average Bonchev–Trinajstić information content (AvgIpc) is 3.18. The van der Waals surface area contributed by atoms with Gasteiger partial charge in [-0.1, -0.05) is 23.4 Å². The van der Waals surface area contributed by atoms with E-state index in [2.05, 4.69) is 15.1 Å². The molecule has 1 fully saturated rings. The summed E-state index contributed by atoms with van der Waals surface area (Å²) in [6.07, 6.45) is 3.46. The molecule has 3 aromatic rings. The number of hydrogen-bond acceptors (Lipinski definition) is 7. The number of rotatable bonds is 6. The quantitative estimate of drug-likeness (QED) is 0.574. The highest BCUT2D eigenvalue weighted by atomic mass is 32.2. The molecule has 3 heterocycles. The predicted molar refractivity (Wildman–Crippen MR) is 114 cm³/mol. The third-order valence-electron chi connectivity index (χ3n) is 5.56. The lowest BCUT2D eigenvalue weighted by atomic mass is 10.1. The maximum absolute atomic E-state index is 13.5. The molecule has 1 aliphatic rings. The number of fused-ring (bicyclic) bond motifs is 1. The Morgan fingerprint density at radius 3 is 2.84 bits per heavy atom. The van der Waals surface area contributed by atoms with Crippen LogP contribution >= 0.6 is 0 Å². The summed E-state index contributed by atoms with van der Waals surface area (Å²) in [4.78, 5) is 22.7. The maximum Gasteiger partial charge on any atom is 0.245 e. The number of piperidine rings is 1. The number of para-hydroxylation sites is 1. The van der Waals surface area contributed by atoms with Gasteiger partial charge in [0.25, 0.3) is 0 Å². The first-order valence-electron chi connectivity index (χ1n) is 10.3. The van der Waals surface area contributed by atoms with Gasteiger partial charge in [-0.25, -0.2) is 8.42 Å². The second kappa shape index (κ2) is 8.72. The van der Waals surface area contributed by atoms with E-state index in [1.807, 2.05) is 12.1 Å². The Hall–Kier alpha value is -2.85. The molecule has 0 spiro atoms. The molecule has 9 nitrogen and oxygen atoms in total. The van der Waals surface area contributed by atoms with E-state index < -0.39 is 10.0 Å². The number of benzene rings is 1. The van der Waals surface area contributed by atoms with Gasteiger partial charge in [0.15, 0.2) is 5.82 Å². The Balaban J connectivity index is 1.55. The van der Waals surface area contributed by atoms with Crippen LogP contribution in [0, 0.1) is 6.92 Å². The van der Waals surface area contributed by atoms with Gasteiger partial charge in [-0.15, -0.1) is 0 Å². The molecule has 31 heavy (non-hydrogen) atoms. The van der Waals surface area contributed by atoms with Crippen LogP contribution in [0.15, 0.2) is 45.9 Å². The minimum atomic E-state index is -3.75. The van der Waals surface area contributed by atoms with Crippen molar-refractivity contribution in [3.63, 3.8) is 0 Å². The molecular formula is C21H25N5O4S. The molecule has 1 unspecified atom stereocenters. The van der Waals surface area contributed by atoms with Gasteiger partial charge in [-0.3, -0.25) is 9.78 Å². The molecule has 4 rings (SSSR count). The summed E-state index contributed by atoms with van der Waals surface area (Å²) in [6, 6.07) is 8.58. The highest BCUT2D eigenvalue weighted by Gasteiger charge is 2.34. The van der Waals surface area contributed by atoms with Crippen LogP contribution in [0.4, 0.5) is 0 Å². The Kier molecular flexibility index (Phi) is 6.01. The van der Waals surface area contributed by atoms with Gasteiger partial charge in [-0.2, -0.15) is 9.29 Å². The Bertz CT molecular complexity index is 1190.